The number of nitrogens with zero attached hydrogens (tertiary/aromatic N) is 1. The molecule has 0 bridgehead atoms. The quantitative estimate of drug-likeness (QED) is 0.748. The summed E-state index contributed by atoms with van der Waals surface area (Å²) in [6.07, 6.45) is 3.21. The normalized spacial score (nSPS) is 10.2. The third-order valence-electron chi connectivity index (χ3n) is 2.20. The summed E-state index contributed by atoms with van der Waals surface area (Å²) in [6.45, 7) is 1.51. The van der Waals surface area contributed by atoms with Crippen LogP contribution in [-0.4, -0.2) is 15.3 Å². The Labute approximate surface area is 86.2 Å². The van der Waals surface area contributed by atoms with E-state index in [-0.39, 0.29) is 11.5 Å². The Kier molecular flexibility index (Phi) is 2.25. The van der Waals surface area contributed by atoms with E-state index in [2.05, 4.69) is 4.98 Å². The number of nitrogens with one attached hydrogen (secondary N) is 1. The van der Waals surface area contributed by atoms with Crippen LogP contribution in [0.15, 0.2) is 41.5 Å². The van der Waals surface area contributed by atoms with E-state index in [1.165, 1.54) is 11.5 Å². The van der Waals surface area contributed by atoms with Crippen molar-refractivity contribution in [3.63, 3.8) is 0 Å². The van der Waals surface area contributed by atoms with Gasteiger partial charge in [-0.1, -0.05) is 0 Å². The van der Waals surface area contributed by atoms with E-state index in [0.717, 1.165) is 5.69 Å². The Bertz CT molecular complexity index is 534. The van der Waals surface area contributed by atoms with Crippen LogP contribution in [0.2, 0.25) is 0 Å². The molecule has 0 aliphatic rings. The van der Waals surface area contributed by atoms with E-state index in [1.54, 1.807) is 36.7 Å². The highest BCUT2D eigenvalue weighted by molar-refractivity contribution is 5.94. The first-order chi connectivity index (χ1) is 7.18. The van der Waals surface area contributed by atoms with Gasteiger partial charge >= 0.3 is 5.69 Å². The summed E-state index contributed by atoms with van der Waals surface area (Å²) in [5.74, 6) is 0.0166. The zero-order chi connectivity index (χ0) is 10.8. The van der Waals surface area contributed by atoms with Gasteiger partial charge in [-0.2, -0.15) is 0 Å². The number of hydrogen-bond acceptors (Lipinski definition) is 2. The molecule has 15 heavy (non-hydrogen) atoms. The van der Waals surface area contributed by atoms with Gasteiger partial charge in [-0.25, -0.2) is 4.79 Å². The molecule has 1 heterocycles. The predicted octanol–water partition coefficient (Wildman–Crippen LogP) is 1.37. The molecule has 1 N–H and O–H groups in total. The third-order valence-corrected chi connectivity index (χ3v) is 2.20. The number of aromatic nitrogens is 2. The van der Waals surface area contributed by atoms with E-state index < -0.39 is 0 Å². The standard InChI is InChI=1S/C11H10N2O2/c1-8(14)9-2-4-10(5-3-9)13-7-6-12-11(13)15/h2-7H,1H3,(H,12,15). The Morgan fingerprint density at radius 3 is 2.40 bits per heavy atom. The van der Waals surface area contributed by atoms with Gasteiger partial charge < -0.3 is 4.98 Å². The van der Waals surface area contributed by atoms with Gasteiger partial charge in [0.15, 0.2) is 5.78 Å². The minimum Gasteiger partial charge on any atom is -0.312 e. The lowest BCUT2D eigenvalue weighted by Crippen LogP contribution is -2.13. The van der Waals surface area contributed by atoms with Crippen molar-refractivity contribution in [2.75, 3.05) is 0 Å². The number of Topliss-reactive ketones (excluding diaryl/α,β-unsaturated/α-hetero) is 1. The molecule has 0 spiro atoms. The Balaban J connectivity index is 2.44. The first-order valence-electron chi connectivity index (χ1n) is 4.56. The smallest absolute Gasteiger partial charge is 0.312 e. The van der Waals surface area contributed by atoms with Crippen LogP contribution in [0, 0.1) is 0 Å². The molecule has 0 aliphatic carbocycles. The van der Waals surface area contributed by atoms with E-state index in [0.29, 0.717) is 5.56 Å². The monoisotopic (exact) mass is 202 g/mol. The van der Waals surface area contributed by atoms with Gasteiger partial charge in [0.25, 0.3) is 0 Å². The van der Waals surface area contributed by atoms with Crippen molar-refractivity contribution in [3.05, 3.63) is 52.7 Å². The minimum atomic E-state index is -0.189. The average molecular weight is 202 g/mol. The summed E-state index contributed by atoms with van der Waals surface area (Å²) < 4.78 is 1.48. The Morgan fingerprint density at radius 2 is 1.93 bits per heavy atom. The number of carbonyl (C=O) groups excluding carboxylic acids is 1. The van der Waals surface area contributed by atoms with Crippen molar-refractivity contribution < 1.29 is 4.79 Å². The van der Waals surface area contributed by atoms with Gasteiger partial charge in [0.2, 0.25) is 0 Å². The highest BCUT2D eigenvalue weighted by atomic mass is 16.1. The zero-order valence-corrected chi connectivity index (χ0v) is 8.23. The zero-order valence-electron chi connectivity index (χ0n) is 8.23. The van der Waals surface area contributed by atoms with Crippen molar-refractivity contribution >= 4 is 5.78 Å². The van der Waals surface area contributed by atoms with Crippen LogP contribution in [0.5, 0.6) is 0 Å². The molecule has 0 amide bonds. The molecular formula is C11H10N2O2. The largest absolute Gasteiger partial charge is 0.330 e. The van der Waals surface area contributed by atoms with Gasteiger partial charge in [0, 0.05) is 18.0 Å². The lowest BCUT2D eigenvalue weighted by atomic mass is 10.1. The van der Waals surface area contributed by atoms with Crippen molar-refractivity contribution in [1.82, 2.24) is 9.55 Å². The highest BCUT2D eigenvalue weighted by Gasteiger charge is 2.01. The van der Waals surface area contributed by atoms with Crippen LogP contribution >= 0.6 is 0 Å². The second kappa shape index (κ2) is 3.57. The van der Waals surface area contributed by atoms with E-state index >= 15 is 0 Å². The molecule has 0 unspecified atom stereocenters. The summed E-state index contributed by atoms with van der Waals surface area (Å²) >= 11 is 0. The summed E-state index contributed by atoms with van der Waals surface area (Å²) in [7, 11) is 0. The maximum Gasteiger partial charge on any atom is 0.330 e. The van der Waals surface area contributed by atoms with Crippen LogP contribution < -0.4 is 5.69 Å². The maximum absolute atomic E-state index is 11.3. The van der Waals surface area contributed by atoms with Crippen molar-refractivity contribution in [2.45, 2.75) is 6.92 Å². The fraction of sp³-hybridized carbons (Fsp3) is 0.0909. The van der Waals surface area contributed by atoms with Crippen molar-refractivity contribution in [3.8, 4) is 5.69 Å². The molecule has 76 valence electrons. The highest BCUT2D eigenvalue weighted by Crippen LogP contribution is 2.07. The molecule has 0 aliphatic heterocycles. The van der Waals surface area contributed by atoms with Crippen LogP contribution in [0.25, 0.3) is 5.69 Å². The lowest BCUT2D eigenvalue weighted by Gasteiger charge is -2.01. The number of hydrogen-bond donors (Lipinski definition) is 1. The lowest BCUT2D eigenvalue weighted by molar-refractivity contribution is 0.101. The molecule has 2 rings (SSSR count). The van der Waals surface area contributed by atoms with E-state index in [9.17, 15) is 9.59 Å². The van der Waals surface area contributed by atoms with E-state index in [1.807, 2.05) is 0 Å². The molecule has 0 saturated heterocycles. The van der Waals surface area contributed by atoms with Crippen LogP contribution in [0.1, 0.15) is 17.3 Å². The molecule has 4 heteroatoms. The summed E-state index contributed by atoms with van der Waals surface area (Å²) in [4.78, 5) is 24.9. The number of benzene rings is 1. The second-order valence-electron chi connectivity index (χ2n) is 3.24. The SMILES string of the molecule is CC(=O)c1ccc(-n2cc[nH]c2=O)cc1. The second-order valence-corrected chi connectivity index (χ2v) is 3.24. The maximum atomic E-state index is 11.3. The van der Waals surface area contributed by atoms with E-state index in [4.69, 9.17) is 0 Å². The number of ketones is 1. The first kappa shape index (κ1) is 9.45. The fourth-order valence-corrected chi connectivity index (χ4v) is 1.38. The molecule has 0 atom stereocenters. The number of aromatic amines is 1. The number of rotatable bonds is 2. The van der Waals surface area contributed by atoms with Gasteiger partial charge in [-0.05, 0) is 31.2 Å². The Morgan fingerprint density at radius 1 is 1.27 bits per heavy atom. The molecule has 1 aromatic carbocycles. The van der Waals surface area contributed by atoms with Gasteiger partial charge in [-0.3, -0.25) is 9.36 Å². The molecule has 1 aromatic heterocycles. The molecule has 2 aromatic rings. The molecule has 0 radical (unpaired) electrons. The minimum absolute atomic E-state index is 0.0166. The summed E-state index contributed by atoms with van der Waals surface area (Å²) in [5, 5.41) is 0. The number of imidazole rings is 1. The van der Waals surface area contributed by atoms with Gasteiger partial charge in [0.1, 0.15) is 0 Å². The third kappa shape index (κ3) is 1.74. The van der Waals surface area contributed by atoms with Crippen LogP contribution in [0.4, 0.5) is 0 Å². The van der Waals surface area contributed by atoms with Crippen molar-refractivity contribution in [1.29, 1.82) is 0 Å². The molecule has 0 saturated carbocycles. The predicted molar refractivity (Wildman–Crippen MR) is 56.4 cm³/mol. The molecule has 4 nitrogen and oxygen atoms in total. The number of carbonyl (C=O) groups is 1. The van der Waals surface area contributed by atoms with Gasteiger partial charge in [0.05, 0.1) is 5.69 Å². The topological polar surface area (TPSA) is 54.9 Å². The molecular weight excluding hydrogens is 192 g/mol. The Hall–Kier alpha value is -2.10. The van der Waals surface area contributed by atoms with Crippen LogP contribution in [0.3, 0.4) is 0 Å². The van der Waals surface area contributed by atoms with Crippen LogP contribution in [-0.2, 0) is 0 Å². The van der Waals surface area contributed by atoms with Gasteiger partial charge in [-0.15, -0.1) is 0 Å². The summed E-state index contributed by atoms with van der Waals surface area (Å²) in [5.41, 5.74) is 1.19. The van der Waals surface area contributed by atoms with Crippen molar-refractivity contribution in [2.24, 2.45) is 0 Å². The summed E-state index contributed by atoms with van der Waals surface area (Å²) in [6, 6.07) is 6.90. The number of H-pyrrole nitrogens is 1. The first-order valence-corrected chi connectivity index (χ1v) is 4.56. The molecule has 0 fully saturated rings. The average Bonchev–Trinajstić information content (AvgIpc) is 2.65. The fourth-order valence-electron chi connectivity index (χ4n) is 1.38.